The summed E-state index contributed by atoms with van der Waals surface area (Å²) in [4.78, 5) is 32.0. The van der Waals surface area contributed by atoms with E-state index in [1.54, 1.807) is 11.8 Å². The number of aromatic nitrogens is 4. The molecule has 0 saturated carbocycles. The summed E-state index contributed by atoms with van der Waals surface area (Å²) in [7, 11) is 0. The minimum absolute atomic E-state index is 0.0172. The molecule has 1 aliphatic heterocycles. The highest BCUT2D eigenvalue weighted by atomic mass is 16.6. The molecule has 0 bridgehead atoms. The zero-order valence-corrected chi connectivity index (χ0v) is 13.4. The van der Waals surface area contributed by atoms with Crippen LogP contribution in [0.5, 0.6) is 0 Å². The molecule has 0 spiro atoms. The molecule has 24 heavy (non-hydrogen) atoms. The van der Waals surface area contributed by atoms with Gasteiger partial charge in [0.05, 0.1) is 25.5 Å². The van der Waals surface area contributed by atoms with Gasteiger partial charge in [0, 0.05) is 24.8 Å². The summed E-state index contributed by atoms with van der Waals surface area (Å²) in [5.74, 6) is -0.0172. The topological polar surface area (TPSA) is 114 Å². The van der Waals surface area contributed by atoms with Gasteiger partial charge in [0.15, 0.2) is 0 Å². The molecule has 1 fully saturated rings. The van der Waals surface area contributed by atoms with Gasteiger partial charge in [0.1, 0.15) is 11.4 Å². The van der Waals surface area contributed by atoms with Crippen LogP contribution in [0.4, 0.5) is 0 Å². The number of H-pyrrole nitrogens is 1. The molecule has 2 aromatic heterocycles. The van der Waals surface area contributed by atoms with Gasteiger partial charge in [-0.1, -0.05) is 10.3 Å². The number of ether oxygens (including phenoxy) is 1. The number of nitrogens with zero attached hydrogens (tertiary/aromatic N) is 4. The van der Waals surface area contributed by atoms with E-state index < -0.39 is 0 Å². The van der Waals surface area contributed by atoms with Crippen molar-refractivity contribution in [3.63, 3.8) is 0 Å². The number of carbonyl (C=O) groups excluding carboxylic acids is 1. The average Bonchev–Trinajstić information content (AvgIpc) is 2.98. The van der Waals surface area contributed by atoms with Gasteiger partial charge in [-0.2, -0.15) is 0 Å². The van der Waals surface area contributed by atoms with Crippen molar-refractivity contribution in [3.8, 4) is 0 Å². The molecule has 9 heteroatoms. The predicted octanol–water partition coefficient (Wildman–Crippen LogP) is -0.136. The zero-order valence-electron chi connectivity index (χ0n) is 13.4. The number of morpholine rings is 1. The molecule has 9 nitrogen and oxygen atoms in total. The lowest BCUT2D eigenvalue weighted by molar-refractivity contribution is -0.138. The maximum absolute atomic E-state index is 12.4. The van der Waals surface area contributed by atoms with Gasteiger partial charge in [0.25, 0.3) is 5.56 Å². The van der Waals surface area contributed by atoms with Crippen molar-refractivity contribution in [2.45, 2.75) is 32.3 Å². The fourth-order valence-corrected chi connectivity index (χ4v) is 2.64. The van der Waals surface area contributed by atoms with Crippen molar-refractivity contribution in [2.75, 3.05) is 19.7 Å². The highest BCUT2D eigenvalue weighted by Gasteiger charge is 2.25. The largest absolute Gasteiger partial charge is 0.375 e. The first-order chi connectivity index (χ1) is 11.6. The Hall–Kier alpha value is -2.55. The molecule has 1 atom stereocenters. The van der Waals surface area contributed by atoms with Crippen molar-refractivity contribution in [3.05, 3.63) is 39.8 Å². The number of aryl methyl sites for hydroxylation is 2. The Kier molecular flexibility index (Phi) is 4.99. The van der Waals surface area contributed by atoms with Crippen LogP contribution >= 0.6 is 0 Å². The fraction of sp³-hybridized carbons (Fsp3) is 0.533. The summed E-state index contributed by atoms with van der Waals surface area (Å²) in [5.41, 5.74) is 1.75. The fourth-order valence-electron chi connectivity index (χ4n) is 2.64. The van der Waals surface area contributed by atoms with Crippen LogP contribution in [0.25, 0.3) is 0 Å². The number of hydrogen-bond donors (Lipinski definition) is 1. The van der Waals surface area contributed by atoms with Gasteiger partial charge in [-0.3, -0.25) is 9.59 Å². The maximum Gasteiger partial charge on any atom is 0.250 e. The summed E-state index contributed by atoms with van der Waals surface area (Å²) in [6.45, 7) is 3.33. The van der Waals surface area contributed by atoms with Gasteiger partial charge in [-0.25, -0.2) is 9.61 Å². The Labute approximate surface area is 138 Å². The van der Waals surface area contributed by atoms with Crippen LogP contribution in [0.15, 0.2) is 21.8 Å². The van der Waals surface area contributed by atoms with E-state index in [1.807, 2.05) is 0 Å². The number of amides is 1. The summed E-state index contributed by atoms with van der Waals surface area (Å²) in [5, 5.41) is 7.43. The first kappa shape index (κ1) is 16.3. The van der Waals surface area contributed by atoms with E-state index in [1.165, 1.54) is 12.4 Å². The molecule has 0 aliphatic carbocycles. The standard InChI is InChI=1S/C15H19N5O4/c1-10-13(19-24-18-10)7-15(22)20-4-5-23-12(8-20)3-2-11-6-14(21)17-9-16-11/h6,9,12H,2-5,7-8H2,1H3,(H,16,17,21)/t12-/m0/s1. The smallest absolute Gasteiger partial charge is 0.250 e. The van der Waals surface area contributed by atoms with Crippen LogP contribution in [-0.4, -0.2) is 56.9 Å². The number of hydrogen-bond acceptors (Lipinski definition) is 7. The maximum atomic E-state index is 12.4. The molecular weight excluding hydrogens is 314 g/mol. The highest BCUT2D eigenvalue weighted by Crippen LogP contribution is 2.13. The minimum atomic E-state index is -0.169. The van der Waals surface area contributed by atoms with Crippen molar-refractivity contribution >= 4 is 5.91 Å². The number of aromatic amines is 1. The molecule has 1 amide bonds. The van der Waals surface area contributed by atoms with E-state index in [0.717, 1.165) is 5.69 Å². The lowest BCUT2D eigenvalue weighted by Gasteiger charge is -2.33. The third kappa shape index (κ3) is 4.05. The van der Waals surface area contributed by atoms with E-state index in [2.05, 4.69) is 24.9 Å². The molecule has 3 heterocycles. The Balaban J connectivity index is 1.53. The second kappa shape index (κ2) is 7.35. The molecule has 128 valence electrons. The van der Waals surface area contributed by atoms with Crippen LogP contribution in [0, 0.1) is 6.92 Å². The third-order valence-corrected chi connectivity index (χ3v) is 4.01. The SMILES string of the molecule is Cc1nonc1CC(=O)N1CCO[C@@H](CCc2cc(=O)[nH]cn2)C1. The quantitative estimate of drug-likeness (QED) is 0.810. The van der Waals surface area contributed by atoms with E-state index >= 15 is 0 Å². The Morgan fingerprint density at radius 1 is 1.46 bits per heavy atom. The Bertz CT molecular complexity index is 756. The second-order valence-corrected chi connectivity index (χ2v) is 5.75. The number of nitrogens with one attached hydrogen (secondary N) is 1. The van der Waals surface area contributed by atoms with Crippen LogP contribution in [0.2, 0.25) is 0 Å². The first-order valence-corrected chi connectivity index (χ1v) is 7.83. The molecule has 0 radical (unpaired) electrons. The highest BCUT2D eigenvalue weighted by molar-refractivity contribution is 5.78. The van der Waals surface area contributed by atoms with Crippen molar-refractivity contribution in [1.82, 2.24) is 25.2 Å². The minimum Gasteiger partial charge on any atom is -0.375 e. The van der Waals surface area contributed by atoms with E-state index in [0.29, 0.717) is 43.9 Å². The van der Waals surface area contributed by atoms with E-state index in [9.17, 15) is 9.59 Å². The third-order valence-electron chi connectivity index (χ3n) is 4.01. The van der Waals surface area contributed by atoms with E-state index in [4.69, 9.17) is 4.74 Å². The predicted molar refractivity (Wildman–Crippen MR) is 82.2 cm³/mol. The van der Waals surface area contributed by atoms with Crippen LogP contribution < -0.4 is 5.56 Å². The molecule has 2 aromatic rings. The molecule has 0 aromatic carbocycles. The van der Waals surface area contributed by atoms with Crippen LogP contribution in [0.1, 0.15) is 23.5 Å². The average molecular weight is 333 g/mol. The lowest BCUT2D eigenvalue weighted by Crippen LogP contribution is -2.46. The van der Waals surface area contributed by atoms with E-state index in [-0.39, 0.29) is 24.0 Å². The summed E-state index contributed by atoms with van der Waals surface area (Å²) in [6, 6.07) is 1.48. The van der Waals surface area contributed by atoms with Gasteiger partial charge in [0.2, 0.25) is 5.91 Å². The number of rotatable bonds is 5. The van der Waals surface area contributed by atoms with Crippen molar-refractivity contribution in [1.29, 1.82) is 0 Å². The van der Waals surface area contributed by atoms with Gasteiger partial charge in [-0.15, -0.1) is 0 Å². The molecule has 1 N–H and O–H groups in total. The monoisotopic (exact) mass is 333 g/mol. The molecule has 1 aliphatic rings. The first-order valence-electron chi connectivity index (χ1n) is 7.83. The Morgan fingerprint density at radius 3 is 3.08 bits per heavy atom. The van der Waals surface area contributed by atoms with Crippen molar-refractivity contribution < 1.29 is 14.2 Å². The summed E-state index contributed by atoms with van der Waals surface area (Å²) in [6.07, 6.45) is 2.83. The zero-order chi connectivity index (χ0) is 16.9. The second-order valence-electron chi connectivity index (χ2n) is 5.75. The van der Waals surface area contributed by atoms with Crippen LogP contribution in [0.3, 0.4) is 0 Å². The van der Waals surface area contributed by atoms with Gasteiger partial charge >= 0.3 is 0 Å². The number of carbonyl (C=O) groups is 1. The summed E-state index contributed by atoms with van der Waals surface area (Å²) >= 11 is 0. The Morgan fingerprint density at radius 2 is 2.33 bits per heavy atom. The molecule has 0 unspecified atom stereocenters. The summed E-state index contributed by atoms with van der Waals surface area (Å²) < 4.78 is 10.3. The molecular formula is C15H19N5O4. The van der Waals surface area contributed by atoms with Gasteiger partial charge < -0.3 is 14.6 Å². The molecule has 1 saturated heterocycles. The lowest BCUT2D eigenvalue weighted by atomic mass is 10.1. The van der Waals surface area contributed by atoms with Gasteiger partial charge in [-0.05, 0) is 19.8 Å². The van der Waals surface area contributed by atoms with Crippen LogP contribution in [-0.2, 0) is 22.4 Å². The normalized spacial score (nSPS) is 17.9. The van der Waals surface area contributed by atoms with Crippen molar-refractivity contribution in [2.24, 2.45) is 0 Å². The molecule has 3 rings (SSSR count).